The van der Waals surface area contributed by atoms with Gasteiger partial charge in [0.1, 0.15) is 0 Å². The Labute approximate surface area is 122 Å². The summed E-state index contributed by atoms with van der Waals surface area (Å²) in [7, 11) is 0. The van der Waals surface area contributed by atoms with Crippen LogP contribution in [0.25, 0.3) is 0 Å². The van der Waals surface area contributed by atoms with Gasteiger partial charge in [-0.3, -0.25) is 0 Å². The van der Waals surface area contributed by atoms with Crippen molar-refractivity contribution < 1.29 is 5.11 Å². The highest BCUT2D eigenvalue weighted by molar-refractivity contribution is 6.34. The number of aliphatic hydroxyl groups excluding tert-OH is 1. The highest BCUT2D eigenvalue weighted by Crippen LogP contribution is 2.33. The van der Waals surface area contributed by atoms with Gasteiger partial charge >= 0.3 is 0 Å². The minimum absolute atomic E-state index is 0.0491. The van der Waals surface area contributed by atoms with Gasteiger partial charge in [0, 0.05) is 15.7 Å². The molecule has 1 aliphatic heterocycles. The third-order valence-corrected chi connectivity index (χ3v) is 3.84. The van der Waals surface area contributed by atoms with E-state index in [-0.39, 0.29) is 6.04 Å². The second-order valence-corrected chi connectivity index (χ2v) is 5.63. The molecular formula is C15H13Cl2NO. The molecule has 4 heteroatoms. The van der Waals surface area contributed by atoms with Gasteiger partial charge in [0.25, 0.3) is 0 Å². The molecule has 2 unspecified atom stereocenters. The summed E-state index contributed by atoms with van der Waals surface area (Å²) in [6, 6.07) is 13.2. The van der Waals surface area contributed by atoms with Crippen LogP contribution in [0.1, 0.15) is 17.2 Å². The van der Waals surface area contributed by atoms with Gasteiger partial charge in [-0.25, -0.2) is 0 Å². The molecule has 0 saturated heterocycles. The number of rotatable bonds is 2. The SMILES string of the molecule is OC(c1cc(Cl)cc(Cl)c1)C1Cc2ccccc2N1. The first-order chi connectivity index (χ1) is 9.13. The van der Waals surface area contributed by atoms with E-state index in [9.17, 15) is 5.11 Å². The van der Waals surface area contributed by atoms with Gasteiger partial charge in [-0.1, -0.05) is 41.4 Å². The molecule has 3 rings (SSSR count). The number of nitrogens with one attached hydrogen (secondary N) is 1. The zero-order valence-electron chi connectivity index (χ0n) is 10.1. The minimum atomic E-state index is -0.636. The third-order valence-electron chi connectivity index (χ3n) is 3.41. The van der Waals surface area contributed by atoms with E-state index in [0.717, 1.165) is 17.7 Å². The maximum Gasteiger partial charge on any atom is 0.0995 e. The highest BCUT2D eigenvalue weighted by atomic mass is 35.5. The van der Waals surface area contributed by atoms with Crippen LogP contribution >= 0.6 is 23.2 Å². The van der Waals surface area contributed by atoms with E-state index in [2.05, 4.69) is 11.4 Å². The lowest BCUT2D eigenvalue weighted by molar-refractivity contribution is 0.156. The van der Waals surface area contributed by atoms with Crippen molar-refractivity contribution in [2.75, 3.05) is 5.32 Å². The van der Waals surface area contributed by atoms with Crippen molar-refractivity contribution in [2.45, 2.75) is 18.6 Å². The zero-order chi connectivity index (χ0) is 13.4. The Balaban J connectivity index is 1.84. The summed E-state index contributed by atoms with van der Waals surface area (Å²) in [6.07, 6.45) is 0.158. The first-order valence-corrected chi connectivity index (χ1v) is 6.87. The lowest BCUT2D eigenvalue weighted by Crippen LogP contribution is -2.24. The fourth-order valence-corrected chi connectivity index (χ4v) is 3.04. The average Bonchev–Trinajstić information content (AvgIpc) is 2.80. The fraction of sp³-hybridized carbons (Fsp3) is 0.200. The first-order valence-electron chi connectivity index (χ1n) is 6.12. The molecule has 1 heterocycles. The van der Waals surface area contributed by atoms with Gasteiger partial charge in [-0.05, 0) is 41.8 Å². The lowest BCUT2D eigenvalue weighted by Gasteiger charge is -2.19. The molecule has 2 nitrogen and oxygen atoms in total. The van der Waals surface area contributed by atoms with E-state index in [4.69, 9.17) is 23.2 Å². The van der Waals surface area contributed by atoms with Crippen LogP contribution in [0.2, 0.25) is 10.0 Å². The molecule has 1 aliphatic rings. The summed E-state index contributed by atoms with van der Waals surface area (Å²) in [5.74, 6) is 0. The summed E-state index contributed by atoms with van der Waals surface area (Å²) in [4.78, 5) is 0. The lowest BCUT2D eigenvalue weighted by atomic mass is 9.99. The molecule has 0 fully saturated rings. The summed E-state index contributed by atoms with van der Waals surface area (Å²) in [5, 5.41) is 14.9. The molecule has 2 aromatic carbocycles. The Morgan fingerprint density at radius 2 is 1.79 bits per heavy atom. The Bertz CT molecular complexity index is 570. The van der Waals surface area contributed by atoms with Crippen LogP contribution in [0, 0.1) is 0 Å². The van der Waals surface area contributed by atoms with Crippen molar-refractivity contribution in [3.63, 3.8) is 0 Å². The maximum absolute atomic E-state index is 10.5. The molecule has 0 radical (unpaired) electrons. The number of hydrogen-bond acceptors (Lipinski definition) is 2. The molecule has 0 bridgehead atoms. The molecule has 2 aromatic rings. The van der Waals surface area contributed by atoms with Gasteiger partial charge in [-0.15, -0.1) is 0 Å². The molecule has 0 spiro atoms. The quantitative estimate of drug-likeness (QED) is 0.875. The van der Waals surface area contributed by atoms with Crippen molar-refractivity contribution in [3.05, 3.63) is 63.6 Å². The van der Waals surface area contributed by atoms with Crippen molar-refractivity contribution in [1.29, 1.82) is 0 Å². The smallest absolute Gasteiger partial charge is 0.0995 e. The van der Waals surface area contributed by atoms with Crippen LogP contribution < -0.4 is 5.32 Å². The Morgan fingerprint density at radius 1 is 1.11 bits per heavy atom. The van der Waals surface area contributed by atoms with E-state index >= 15 is 0 Å². The van der Waals surface area contributed by atoms with Crippen LogP contribution in [0.5, 0.6) is 0 Å². The van der Waals surface area contributed by atoms with E-state index in [1.807, 2.05) is 18.2 Å². The predicted octanol–water partition coefficient (Wildman–Crippen LogP) is 4.06. The molecule has 2 atom stereocenters. The average molecular weight is 294 g/mol. The summed E-state index contributed by atoms with van der Waals surface area (Å²) in [5.41, 5.74) is 3.04. The first kappa shape index (κ1) is 12.8. The monoisotopic (exact) mass is 293 g/mol. The van der Waals surface area contributed by atoms with Crippen LogP contribution in [-0.4, -0.2) is 11.1 Å². The Morgan fingerprint density at radius 3 is 2.47 bits per heavy atom. The van der Waals surface area contributed by atoms with Crippen molar-refractivity contribution in [3.8, 4) is 0 Å². The van der Waals surface area contributed by atoms with Crippen molar-refractivity contribution in [1.82, 2.24) is 0 Å². The summed E-state index contributed by atoms with van der Waals surface area (Å²) < 4.78 is 0. The van der Waals surface area contributed by atoms with Crippen molar-refractivity contribution >= 4 is 28.9 Å². The molecule has 2 N–H and O–H groups in total. The number of aliphatic hydroxyl groups is 1. The Hall–Kier alpha value is -1.22. The van der Waals surface area contributed by atoms with Gasteiger partial charge in [-0.2, -0.15) is 0 Å². The number of para-hydroxylation sites is 1. The molecular weight excluding hydrogens is 281 g/mol. The number of halogens is 2. The normalized spacial score (nSPS) is 18.8. The third kappa shape index (κ3) is 2.57. The number of benzene rings is 2. The van der Waals surface area contributed by atoms with E-state index in [1.165, 1.54) is 5.56 Å². The molecule has 19 heavy (non-hydrogen) atoms. The molecule has 0 amide bonds. The van der Waals surface area contributed by atoms with E-state index < -0.39 is 6.10 Å². The van der Waals surface area contributed by atoms with Crippen LogP contribution in [0.15, 0.2) is 42.5 Å². The molecule has 0 aliphatic carbocycles. The largest absolute Gasteiger partial charge is 0.386 e. The van der Waals surface area contributed by atoms with Gasteiger partial charge in [0.2, 0.25) is 0 Å². The second-order valence-electron chi connectivity index (χ2n) is 4.76. The topological polar surface area (TPSA) is 32.3 Å². The van der Waals surface area contributed by atoms with E-state index in [1.54, 1.807) is 18.2 Å². The van der Waals surface area contributed by atoms with Crippen LogP contribution in [0.3, 0.4) is 0 Å². The second kappa shape index (κ2) is 5.04. The number of fused-ring (bicyclic) bond motifs is 1. The molecule has 0 saturated carbocycles. The summed E-state index contributed by atoms with van der Waals surface area (Å²) >= 11 is 11.9. The highest BCUT2D eigenvalue weighted by Gasteiger charge is 2.27. The van der Waals surface area contributed by atoms with Crippen LogP contribution in [-0.2, 0) is 6.42 Å². The van der Waals surface area contributed by atoms with E-state index in [0.29, 0.717) is 10.0 Å². The Kier molecular flexibility index (Phi) is 3.40. The van der Waals surface area contributed by atoms with Gasteiger partial charge in [0.15, 0.2) is 0 Å². The molecule has 98 valence electrons. The zero-order valence-corrected chi connectivity index (χ0v) is 11.6. The maximum atomic E-state index is 10.5. The fourth-order valence-electron chi connectivity index (χ4n) is 2.50. The van der Waals surface area contributed by atoms with Crippen molar-refractivity contribution in [2.24, 2.45) is 0 Å². The standard InChI is InChI=1S/C15H13Cl2NO/c16-11-5-10(6-12(17)8-11)15(19)14-7-9-3-1-2-4-13(9)18-14/h1-6,8,14-15,18-19H,7H2. The minimum Gasteiger partial charge on any atom is -0.386 e. The summed E-state index contributed by atoms with van der Waals surface area (Å²) in [6.45, 7) is 0. The number of hydrogen-bond donors (Lipinski definition) is 2. The molecule has 0 aromatic heterocycles. The van der Waals surface area contributed by atoms with Crippen LogP contribution in [0.4, 0.5) is 5.69 Å². The van der Waals surface area contributed by atoms with Gasteiger partial charge in [0.05, 0.1) is 12.1 Å². The van der Waals surface area contributed by atoms with Gasteiger partial charge < -0.3 is 10.4 Å². The predicted molar refractivity (Wildman–Crippen MR) is 79.0 cm³/mol. The number of anilines is 1.